The minimum atomic E-state index is 0.701. The Kier molecular flexibility index (Phi) is 1.55. The Bertz CT molecular complexity index is 226. The van der Waals surface area contributed by atoms with E-state index in [2.05, 4.69) is 0 Å². The Balaban J connectivity index is 3.03. The van der Waals surface area contributed by atoms with Crippen LogP contribution in [0.15, 0.2) is 12.4 Å². The zero-order valence-corrected chi connectivity index (χ0v) is 6.20. The number of rotatable bonds is 1. The molecule has 0 fully saturated rings. The van der Waals surface area contributed by atoms with Crippen molar-refractivity contribution in [3.63, 3.8) is 0 Å². The fraction of sp³-hybridized carbons (Fsp3) is 0.333. The fourth-order valence-electron chi connectivity index (χ4n) is 0.885. The van der Waals surface area contributed by atoms with Crippen molar-refractivity contribution in [3.8, 4) is 0 Å². The van der Waals surface area contributed by atoms with Gasteiger partial charge in [-0.1, -0.05) is 0 Å². The quantitative estimate of drug-likeness (QED) is 0.423. The molecule has 4 heteroatoms. The van der Waals surface area contributed by atoms with Crippen LogP contribution in [-0.2, 0) is 7.05 Å². The van der Waals surface area contributed by atoms with Gasteiger partial charge in [0, 0.05) is 26.5 Å². The summed E-state index contributed by atoms with van der Waals surface area (Å²) in [6.45, 7) is 0. The van der Waals surface area contributed by atoms with Crippen molar-refractivity contribution in [3.05, 3.63) is 12.4 Å². The third-order valence-electron chi connectivity index (χ3n) is 1.34. The number of hydrogen-bond donors (Lipinski definition) is 2. The van der Waals surface area contributed by atoms with Gasteiger partial charge in [0.15, 0.2) is 0 Å². The zero-order chi connectivity index (χ0) is 7.72. The van der Waals surface area contributed by atoms with E-state index in [1.54, 1.807) is 7.05 Å². The Morgan fingerprint density at radius 1 is 1.50 bits per heavy atom. The highest BCUT2D eigenvalue weighted by Crippen LogP contribution is 2.19. The topological polar surface area (TPSA) is 60.2 Å². The van der Waals surface area contributed by atoms with Crippen molar-refractivity contribution in [1.82, 2.24) is 4.57 Å². The van der Waals surface area contributed by atoms with E-state index >= 15 is 0 Å². The van der Waals surface area contributed by atoms with Crippen LogP contribution in [0, 0.1) is 0 Å². The number of aromatic nitrogens is 1. The number of hydrazine groups is 1. The van der Waals surface area contributed by atoms with Crippen LogP contribution in [0.1, 0.15) is 0 Å². The molecule has 1 aromatic heterocycles. The second kappa shape index (κ2) is 2.22. The second-order valence-electron chi connectivity index (χ2n) is 2.38. The first kappa shape index (κ1) is 6.95. The third-order valence-corrected chi connectivity index (χ3v) is 1.34. The normalized spacial score (nSPS) is 9.90. The van der Waals surface area contributed by atoms with Crippen LogP contribution in [0.5, 0.6) is 0 Å². The van der Waals surface area contributed by atoms with Crippen LogP contribution >= 0.6 is 0 Å². The lowest BCUT2D eigenvalue weighted by atomic mass is 10.4. The van der Waals surface area contributed by atoms with Crippen molar-refractivity contribution in [2.75, 3.05) is 17.8 Å². The minimum absolute atomic E-state index is 0.701. The maximum absolute atomic E-state index is 5.60. The van der Waals surface area contributed by atoms with E-state index in [1.807, 2.05) is 24.0 Å². The third kappa shape index (κ3) is 1.06. The van der Waals surface area contributed by atoms with Gasteiger partial charge in [0.05, 0.1) is 11.4 Å². The monoisotopic (exact) mass is 140 g/mol. The molecule has 56 valence electrons. The number of nitrogens with zero attached hydrogens (tertiary/aromatic N) is 2. The van der Waals surface area contributed by atoms with Crippen LogP contribution in [0.3, 0.4) is 0 Å². The van der Waals surface area contributed by atoms with E-state index in [0.29, 0.717) is 5.69 Å². The molecule has 0 atom stereocenters. The van der Waals surface area contributed by atoms with Gasteiger partial charge < -0.3 is 15.3 Å². The van der Waals surface area contributed by atoms with E-state index in [9.17, 15) is 0 Å². The second-order valence-corrected chi connectivity index (χ2v) is 2.38. The van der Waals surface area contributed by atoms with E-state index in [-0.39, 0.29) is 0 Å². The molecule has 0 saturated heterocycles. The highest BCUT2D eigenvalue weighted by molar-refractivity contribution is 5.65. The summed E-state index contributed by atoms with van der Waals surface area (Å²) in [5.74, 6) is 5.47. The lowest BCUT2D eigenvalue weighted by molar-refractivity contribution is 0.919. The number of aryl methyl sites for hydroxylation is 1. The molecule has 1 aromatic rings. The van der Waals surface area contributed by atoms with Gasteiger partial charge in [-0.05, 0) is 0 Å². The molecule has 1 rings (SSSR count). The lowest BCUT2D eigenvalue weighted by Crippen LogP contribution is -2.25. The predicted molar refractivity (Wildman–Crippen MR) is 42.4 cm³/mol. The van der Waals surface area contributed by atoms with Crippen molar-refractivity contribution < 1.29 is 0 Å². The Morgan fingerprint density at radius 2 is 2.10 bits per heavy atom. The fourth-order valence-corrected chi connectivity index (χ4v) is 0.885. The molecule has 1 heterocycles. The maximum Gasteiger partial charge on any atom is 0.0921 e. The highest BCUT2D eigenvalue weighted by atomic mass is 15.4. The summed E-state index contributed by atoms with van der Waals surface area (Å²) in [6.07, 6.45) is 3.69. The van der Waals surface area contributed by atoms with Gasteiger partial charge in [-0.25, -0.2) is 5.84 Å². The largest absolute Gasteiger partial charge is 0.396 e. The van der Waals surface area contributed by atoms with E-state index in [0.717, 1.165) is 5.69 Å². The molecule has 0 radical (unpaired) electrons. The van der Waals surface area contributed by atoms with Crippen molar-refractivity contribution >= 4 is 11.4 Å². The highest BCUT2D eigenvalue weighted by Gasteiger charge is 2.02. The first-order valence-electron chi connectivity index (χ1n) is 3.01. The summed E-state index contributed by atoms with van der Waals surface area (Å²) in [7, 11) is 3.66. The summed E-state index contributed by atoms with van der Waals surface area (Å²) in [4.78, 5) is 0. The summed E-state index contributed by atoms with van der Waals surface area (Å²) < 4.78 is 1.87. The van der Waals surface area contributed by atoms with Crippen LogP contribution in [0.25, 0.3) is 0 Å². The van der Waals surface area contributed by atoms with Crippen molar-refractivity contribution in [2.45, 2.75) is 0 Å². The standard InChI is InChI=1S/C6H12N4/c1-9-3-5(7)6(4-9)10(2)8/h3-4H,7-8H2,1-2H3. The molecule has 0 bridgehead atoms. The summed E-state index contributed by atoms with van der Waals surface area (Å²) in [5, 5.41) is 1.50. The van der Waals surface area contributed by atoms with Crippen LogP contribution in [0.4, 0.5) is 11.4 Å². The first-order valence-corrected chi connectivity index (χ1v) is 3.01. The SMILES string of the molecule is CN(N)c1cn(C)cc1N. The van der Waals surface area contributed by atoms with Gasteiger partial charge in [-0.2, -0.15) is 0 Å². The smallest absolute Gasteiger partial charge is 0.0921 e. The van der Waals surface area contributed by atoms with Gasteiger partial charge in [0.2, 0.25) is 0 Å². The lowest BCUT2D eigenvalue weighted by Gasteiger charge is -2.09. The summed E-state index contributed by atoms with van der Waals surface area (Å²) in [5.41, 5.74) is 7.15. The molecule has 0 saturated carbocycles. The van der Waals surface area contributed by atoms with Gasteiger partial charge in [-0.3, -0.25) is 0 Å². The molecular weight excluding hydrogens is 128 g/mol. The van der Waals surface area contributed by atoms with E-state index in [1.165, 1.54) is 5.01 Å². The number of nitrogen functional groups attached to an aromatic ring is 1. The van der Waals surface area contributed by atoms with Gasteiger partial charge in [-0.15, -0.1) is 0 Å². The number of hydrogen-bond acceptors (Lipinski definition) is 3. The Hall–Kier alpha value is -1.16. The van der Waals surface area contributed by atoms with Gasteiger partial charge in [0.25, 0.3) is 0 Å². The molecule has 0 aliphatic heterocycles. The van der Waals surface area contributed by atoms with E-state index in [4.69, 9.17) is 11.6 Å². The molecular formula is C6H12N4. The Labute approximate surface area is 60.0 Å². The molecule has 0 aliphatic carbocycles. The molecule has 0 aromatic carbocycles. The van der Waals surface area contributed by atoms with Crippen LogP contribution < -0.4 is 16.6 Å². The molecule has 4 N–H and O–H groups in total. The molecule has 10 heavy (non-hydrogen) atoms. The van der Waals surface area contributed by atoms with Gasteiger partial charge in [0.1, 0.15) is 0 Å². The first-order chi connectivity index (χ1) is 4.61. The predicted octanol–water partition coefficient (Wildman–Crippen LogP) is -0.0828. The molecule has 4 nitrogen and oxygen atoms in total. The molecule has 0 spiro atoms. The zero-order valence-electron chi connectivity index (χ0n) is 6.20. The van der Waals surface area contributed by atoms with Crippen LogP contribution in [-0.4, -0.2) is 11.6 Å². The average molecular weight is 140 g/mol. The Morgan fingerprint density at radius 3 is 2.30 bits per heavy atom. The minimum Gasteiger partial charge on any atom is -0.396 e. The summed E-state index contributed by atoms with van der Waals surface area (Å²) >= 11 is 0. The van der Waals surface area contributed by atoms with E-state index < -0.39 is 0 Å². The molecule has 0 amide bonds. The van der Waals surface area contributed by atoms with Crippen molar-refractivity contribution in [2.24, 2.45) is 12.9 Å². The van der Waals surface area contributed by atoms with Crippen LogP contribution in [0.2, 0.25) is 0 Å². The average Bonchev–Trinajstić information content (AvgIpc) is 2.10. The number of anilines is 2. The molecule has 0 aliphatic rings. The van der Waals surface area contributed by atoms with Crippen molar-refractivity contribution in [1.29, 1.82) is 0 Å². The van der Waals surface area contributed by atoms with Gasteiger partial charge >= 0.3 is 0 Å². The number of nitrogens with two attached hydrogens (primary N) is 2. The molecule has 0 unspecified atom stereocenters. The summed E-state index contributed by atoms with van der Waals surface area (Å²) in [6, 6.07) is 0. The maximum atomic E-state index is 5.60.